The van der Waals surface area contributed by atoms with Gasteiger partial charge in [0.15, 0.2) is 0 Å². The van der Waals surface area contributed by atoms with E-state index < -0.39 is 0 Å². The average molecular weight is 288 g/mol. The monoisotopic (exact) mass is 288 g/mol. The molecule has 0 amide bonds. The molecular weight excluding hydrogens is 264 g/mol. The van der Waals surface area contributed by atoms with E-state index >= 15 is 0 Å². The fourth-order valence-electron chi connectivity index (χ4n) is 1.97. The Balaban J connectivity index is 0.00000106. The molecule has 0 N–H and O–H groups in total. The smallest absolute Gasteiger partial charge is 0.134 e. The zero-order valence-corrected chi connectivity index (χ0v) is 13.3. The maximum Gasteiger partial charge on any atom is 0.134 e. The summed E-state index contributed by atoms with van der Waals surface area (Å²) in [5.74, 6) is 0.174. The van der Waals surface area contributed by atoms with Crippen molar-refractivity contribution in [3.05, 3.63) is 42.2 Å². The number of hydrogen-bond acceptors (Lipinski definition) is 3. The van der Waals surface area contributed by atoms with Gasteiger partial charge in [-0.2, -0.15) is 5.10 Å². The lowest BCUT2D eigenvalue weighted by Crippen LogP contribution is -2.03. The van der Waals surface area contributed by atoms with E-state index in [4.69, 9.17) is 4.74 Å². The lowest BCUT2D eigenvalue weighted by Gasteiger charge is -2.02. The summed E-state index contributed by atoms with van der Waals surface area (Å²) in [5.41, 5.74) is 3.18. The van der Waals surface area contributed by atoms with Gasteiger partial charge < -0.3 is 4.74 Å². The largest absolute Gasteiger partial charge is 0.383 e. The van der Waals surface area contributed by atoms with Crippen molar-refractivity contribution in [3.8, 4) is 11.1 Å². The first-order valence-corrected chi connectivity index (χ1v) is 7.29. The predicted octanol–water partition coefficient (Wildman–Crippen LogP) is 3.35. The van der Waals surface area contributed by atoms with Crippen molar-refractivity contribution < 1.29 is 9.53 Å². The molecule has 21 heavy (non-hydrogen) atoms. The molecule has 0 fully saturated rings. The van der Waals surface area contributed by atoms with Crippen molar-refractivity contribution in [2.45, 2.75) is 33.7 Å². The Labute approximate surface area is 126 Å². The van der Waals surface area contributed by atoms with Crippen LogP contribution in [0.5, 0.6) is 0 Å². The van der Waals surface area contributed by atoms with Crippen LogP contribution in [0.4, 0.5) is 0 Å². The molecular formula is C17H24N2O2. The van der Waals surface area contributed by atoms with Gasteiger partial charge in [0.05, 0.1) is 19.3 Å². The summed E-state index contributed by atoms with van der Waals surface area (Å²) in [7, 11) is 1.68. The first-order chi connectivity index (χ1) is 10.2. The van der Waals surface area contributed by atoms with Crippen LogP contribution in [-0.2, 0) is 22.5 Å². The van der Waals surface area contributed by atoms with Gasteiger partial charge in [0, 0.05) is 25.3 Å². The van der Waals surface area contributed by atoms with Crippen molar-refractivity contribution in [3.63, 3.8) is 0 Å². The van der Waals surface area contributed by atoms with Gasteiger partial charge >= 0.3 is 0 Å². The molecule has 114 valence electrons. The van der Waals surface area contributed by atoms with Crippen LogP contribution in [-0.4, -0.2) is 29.3 Å². The van der Waals surface area contributed by atoms with Crippen molar-refractivity contribution >= 4 is 5.78 Å². The number of aromatic nitrogens is 2. The fourth-order valence-corrected chi connectivity index (χ4v) is 1.97. The second-order valence-corrected chi connectivity index (χ2v) is 4.56. The zero-order valence-electron chi connectivity index (χ0n) is 13.3. The Morgan fingerprint density at radius 2 is 2.05 bits per heavy atom. The number of methoxy groups -OCH3 is 1. The van der Waals surface area contributed by atoms with Gasteiger partial charge in [-0.05, 0) is 18.1 Å². The van der Waals surface area contributed by atoms with E-state index in [1.54, 1.807) is 14.0 Å². The highest BCUT2D eigenvalue weighted by Crippen LogP contribution is 2.20. The number of carbonyl (C=O) groups is 1. The summed E-state index contributed by atoms with van der Waals surface area (Å²) < 4.78 is 6.88. The van der Waals surface area contributed by atoms with E-state index in [1.807, 2.05) is 55.2 Å². The first kappa shape index (κ1) is 17.1. The topological polar surface area (TPSA) is 44.1 Å². The molecule has 0 atom stereocenters. The number of ether oxygens (including phenoxy) is 1. The number of benzene rings is 1. The summed E-state index contributed by atoms with van der Waals surface area (Å²) >= 11 is 0. The standard InChI is InChI=1S/C15H18N2O2.C2H6/c1-12(18)8-13-4-3-5-14(9-13)15-10-16-17(11-15)6-7-19-2;1-2/h3-5,9-11H,6-8H2,1-2H3;1-2H3. The maximum absolute atomic E-state index is 11.2. The number of carbonyl (C=O) groups excluding carboxylic acids is 1. The van der Waals surface area contributed by atoms with Crippen LogP contribution in [0.1, 0.15) is 26.3 Å². The minimum absolute atomic E-state index is 0.174. The Morgan fingerprint density at radius 1 is 1.29 bits per heavy atom. The molecule has 2 aromatic rings. The van der Waals surface area contributed by atoms with Crippen LogP contribution < -0.4 is 0 Å². The minimum Gasteiger partial charge on any atom is -0.383 e. The van der Waals surface area contributed by atoms with E-state index in [2.05, 4.69) is 5.10 Å². The van der Waals surface area contributed by atoms with Gasteiger partial charge in [0.2, 0.25) is 0 Å². The lowest BCUT2D eigenvalue weighted by atomic mass is 10.0. The third kappa shape index (κ3) is 5.52. The van der Waals surface area contributed by atoms with Crippen LogP contribution in [0.3, 0.4) is 0 Å². The molecule has 0 spiro atoms. The summed E-state index contributed by atoms with van der Waals surface area (Å²) in [5, 5.41) is 4.29. The molecule has 1 aromatic heterocycles. The summed E-state index contributed by atoms with van der Waals surface area (Å²) in [6.07, 6.45) is 4.31. The van der Waals surface area contributed by atoms with Crippen molar-refractivity contribution in [1.82, 2.24) is 9.78 Å². The second kappa shape index (κ2) is 9.08. The van der Waals surface area contributed by atoms with E-state index in [-0.39, 0.29) is 5.78 Å². The Hall–Kier alpha value is -1.94. The van der Waals surface area contributed by atoms with E-state index in [1.165, 1.54) is 0 Å². The highest BCUT2D eigenvalue weighted by atomic mass is 16.5. The Morgan fingerprint density at radius 3 is 2.71 bits per heavy atom. The number of rotatable bonds is 6. The van der Waals surface area contributed by atoms with Crippen molar-refractivity contribution in [1.29, 1.82) is 0 Å². The molecule has 0 aliphatic rings. The number of Topliss-reactive ketones (excluding diaryl/α,β-unsaturated/α-hetero) is 1. The van der Waals surface area contributed by atoms with Crippen LogP contribution in [0, 0.1) is 0 Å². The highest BCUT2D eigenvalue weighted by molar-refractivity contribution is 5.78. The molecule has 2 rings (SSSR count). The highest BCUT2D eigenvalue weighted by Gasteiger charge is 2.04. The first-order valence-electron chi connectivity index (χ1n) is 7.29. The van der Waals surface area contributed by atoms with Gasteiger partial charge in [0.25, 0.3) is 0 Å². The summed E-state index contributed by atoms with van der Waals surface area (Å²) in [6.45, 7) is 6.99. The lowest BCUT2D eigenvalue weighted by molar-refractivity contribution is -0.116. The molecule has 0 unspecified atom stereocenters. The molecule has 1 heterocycles. The predicted molar refractivity (Wildman–Crippen MR) is 85.3 cm³/mol. The van der Waals surface area contributed by atoms with Crippen molar-refractivity contribution in [2.75, 3.05) is 13.7 Å². The summed E-state index contributed by atoms with van der Waals surface area (Å²) in [6, 6.07) is 8.01. The van der Waals surface area contributed by atoms with Gasteiger partial charge in [-0.1, -0.05) is 38.1 Å². The minimum atomic E-state index is 0.174. The molecule has 1 aromatic carbocycles. The number of hydrogen-bond donors (Lipinski definition) is 0. The van der Waals surface area contributed by atoms with E-state index in [0.29, 0.717) is 13.0 Å². The fraction of sp³-hybridized carbons (Fsp3) is 0.412. The molecule has 0 aliphatic carbocycles. The maximum atomic E-state index is 11.2. The quantitative estimate of drug-likeness (QED) is 0.818. The SMILES string of the molecule is CC.COCCn1cc(-c2cccc(CC(C)=O)c2)cn1. The van der Waals surface area contributed by atoms with Crippen LogP contribution >= 0.6 is 0 Å². The second-order valence-electron chi connectivity index (χ2n) is 4.56. The number of nitrogens with zero attached hydrogens (tertiary/aromatic N) is 2. The zero-order chi connectivity index (χ0) is 15.7. The van der Waals surface area contributed by atoms with E-state index in [9.17, 15) is 4.79 Å². The molecule has 4 heteroatoms. The van der Waals surface area contributed by atoms with Crippen LogP contribution in [0.15, 0.2) is 36.7 Å². The number of ketones is 1. The molecule has 0 saturated heterocycles. The average Bonchev–Trinajstić information content (AvgIpc) is 2.96. The normalized spacial score (nSPS) is 9.90. The van der Waals surface area contributed by atoms with Gasteiger partial charge in [0.1, 0.15) is 5.78 Å². The third-order valence-corrected chi connectivity index (χ3v) is 2.87. The Bertz CT molecular complexity index is 561. The Kier molecular flexibility index (Phi) is 7.40. The molecule has 0 saturated carbocycles. The van der Waals surface area contributed by atoms with Crippen LogP contribution in [0.25, 0.3) is 11.1 Å². The van der Waals surface area contributed by atoms with Gasteiger partial charge in [-0.3, -0.25) is 9.48 Å². The molecule has 0 aliphatic heterocycles. The third-order valence-electron chi connectivity index (χ3n) is 2.87. The molecule has 0 radical (unpaired) electrons. The van der Waals surface area contributed by atoms with Gasteiger partial charge in [-0.25, -0.2) is 0 Å². The van der Waals surface area contributed by atoms with Gasteiger partial charge in [-0.15, -0.1) is 0 Å². The van der Waals surface area contributed by atoms with Crippen molar-refractivity contribution in [2.24, 2.45) is 0 Å². The van der Waals surface area contributed by atoms with E-state index in [0.717, 1.165) is 23.2 Å². The summed E-state index contributed by atoms with van der Waals surface area (Å²) in [4.78, 5) is 11.2. The molecule has 0 bridgehead atoms. The van der Waals surface area contributed by atoms with Crippen LogP contribution in [0.2, 0.25) is 0 Å². The molecule has 4 nitrogen and oxygen atoms in total.